The highest BCUT2D eigenvalue weighted by Gasteiger charge is 2.30. The van der Waals surface area contributed by atoms with Gasteiger partial charge in [0, 0.05) is 16.5 Å². The first-order valence-corrected chi connectivity index (χ1v) is 6.36. The van der Waals surface area contributed by atoms with Crippen LogP contribution in [0.5, 0.6) is 0 Å². The topological polar surface area (TPSA) is 72.2 Å². The van der Waals surface area contributed by atoms with Crippen LogP contribution in [0.25, 0.3) is 11.1 Å². The standard InChI is InChI=1S/C13H10N2O2S/c14-5-10(16)15-13-11-9(6-18-13)7-3-1-2-4-8(7)12(11)17/h1-4,6H,5,14H2,(H,15,16). The number of ketones is 1. The molecule has 0 saturated carbocycles. The molecule has 18 heavy (non-hydrogen) atoms. The molecule has 90 valence electrons. The minimum absolute atomic E-state index is 0.0332. The molecule has 1 aliphatic rings. The Hall–Kier alpha value is -1.98. The molecular formula is C13H10N2O2S. The van der Waals surface area contributed by atoms with Gasteiger partial charge in [0.15, 0.2) is 5.78 Å². The second kappa shape index (κ2) is 4.04. The van der Waals surface area contributed by atoms with Crippen LogP contribution in [0.2, 0.25) is 0 Å². The number of rotatable bonds is 2. The van der Waals surface area contributed by atoms with Gasteiger partial charge in [-0.2, -0.15) is 0 Å². The van der Waals surface area contributed by atoms with Gasteiger partial charge in [0.05, 0.1) is 12.1 Å². The van der Waals surface area contributed by atoms with Gasteiger partial charge in [-0.1, -0.05) is 24.3 Å². The van der Waals surface area contributed by atoms with Crippen LogP contribution in [0.3, 0.4) is 0 Å². The maximum atomic E-state index is 12.3. The lowest BCUT2D eigenvalue weighted by atomic mass is 10.1. The van der Waals surface area contributed by atoms with Crippen LogP contribution in [0.15, 0.2) is 29.6 Å². The number of nitrogens with one attached hydrogen (secondary N) is 1. The number of hydrogen-bond donors (Lipinski definition) is 2. The number of anilines is 1. The van der Waals surface area contributed by atoms with E-state index in [4.69, 9.17) is 5.73 Å². The number of benzene rings is 1. The highest BCUT2D eigenvalue weighted by atomic mass is 32.1. The summed E-state index contributed by atoms with van der Waals surface area (Å²) in [6.45, 7) is -0.0895. The molecule has 0 aliphatic heterocycles. The van der Waals surface area contributed by atoms with Crippen molar-refractivity contribution in [3.63, 3.8) is 0 Å². The van der Waals surface area contributed by atoms with E-state index in [-0.39, 0.29) is 18.2 Å². The van der Waals surface area contributed by atoms with Crippen molar-refractivity contribution in [3.05, 3.63) is 40.8 Å². The summed E-state index contributed by atoms with van der Waals surface area (Å²) in [6, 6.07) is 7.46. The van der Waals surface area contributed by atoms with Crippen molar-refractivity contribution in [2.45, 2.75) is 0 Å². The monoisotopic (exact) mass is 258 g/mol. The lowest BCUT2D eigenvalue weighted by Crippen LogP contribution is -2.22. The van der Waals surface area contributed by atoms with Crippen molar-refractivity contribution >= 4 is 28.0 Å². The van der Waals surface area contributed by atoms with E-state index in [1.54, 1.807) is 6.07 Å². The molecule has 5 heteroatoms. The molecule has 4 nitrogen and oxygen atoms in total. The van der Waals surface area contributed by atoms with Crippen molar-refractivity contribution in [1.82, 2.24) is 0 Å². The SMILES string of the molecule is NCC(=O)Nc1scc2c1C(=O)c1ccccc1-2. The molecule has 1 aromatic heterocycles. The molecule has 0 atom stereocenters. The minimum Gasteiger partial charge on any atom is -0.322 e. The van der Waals surface area contributed by atoms with Gasteiger partial charge >= 0.3 is 0 Å². The quantitative estimate of drug-likeness (QED) is 0.737. The van der Waals surface area contributed by atoms with Crippen molar-refractivity contribution < 1.29 is 9.59 Å². The Kier molecular flexibility index (Phi) is 2.50. The molecule has 1 aliphatic carbocycles. The summed E-state index contributed by atoms with van der Waals surface area (Å²) in [4.78, 5) is 23.6. The summed E-state index contributed by atoms with van der Waals surface area (Å²) in [5.74, 6) is -0.322. The third-order valence-electron chi connectivity index (χ3n) is 2.92. The van der Waals surface area contributed by atoms with Gasteiger partial charge in [0.1, 0.15) is 5.00 Å². The Morgan fingerprint density at radius 3 is 2.67 bits per heavy atom. The molecule has 0 saturated heterocycles. The molecule has 0 unspecified atom stereocenters. The number of nitrogens with two attached hydrogens (primary N) is 1. The van der Waals surface area contributed by atoms with Gasteiger partial charge in [-0.25, -0.2) is 0 Å². The molecule has 1 aromatic carbocycles. The molecule has 2 aromatic rings. The number of carbonyl (C=O) groups is 2. The van der Waals surface area contributed by atoms with Crippen LogP contribution >= 0.6 is 11.3 Å². The lowest BCUT2D eigenvalue weighted by Gasteiger charge is -2.01. The number of carbonyl (C=O) groups excluding carboxylic acids is 2. The van der Waals surface area contributed by atoms with Crippen LogP contribution in [-0.2, 0) is 4.79 Å². The number of thiophene rings is 1. The predicted octanol–water partition coefficient (Wildman–Crippen LogP) is 1.86. The Morgan fingerprint density at radius 2 is 1.94 bits per heavy atom. The van der Waals surface area contributed by atoms with E-state index in [2.05, 4.69) is 5.32 Å². The van der Waals surface area contributed by atoms with Gasteiger partial charge < -0.3 is 11.1 Å². The second-order valence-electron chi connectivity index (χ2n) is 3.98. The number of fused-ring (bicyclic) bond motifs is 3. The summed E-state index contributed by atoms with van der Waals surface area (Å²) in [5.41, 5.74) is 8.37. The first kappa shape index (κ1) is 11.1. The van der Waals surface area contributed by atoms with Gasteiger partial charge in [-0.15, -0.1) is 11.3 Å². The fourth-order valence-corrected chi connectivity index (χ4v) is 3.08. The van der Waals surface area contributed by atoms with E-state index in [0.717, 1.165) is 11.1 Å². The zero-order valence-electron chi connectivity index (χ0n) is 9.40. The summed E-state index contributed by atoms with van der Waals surface area (Å²) < 4.78 is 0. The van der Waals surface area contributed by atoms with Gasteiger partial charge in [0.2, 0.25) is 5.91 Å². The van der Waals surface area contributed by atoms with Crippen LogP contribution < -0.4 is 11.1 Å². The fraction of sp³-hybridized carbons (Fsp3) is 0.0769. The fourth-order valence-electron chi connectivity index (χ4n) is 2.10. The first-order chi connectivity index (χ1) is 8.72. The van der Waals surface area contributed by atoms with Crippen molar-refractivity contribution in [2.75, 3.05) is 11.9 Å². The number of hydrogen-bond acceptors (Lipinski definition) is 4. The van der Waals surface area contributed by atoms with Gasteiger partial charge in [-0.05, 0) is 5.56 Å². The number of amides is 1. The Morgan fingerprint density at radius 1 is 1.22 bits per heavy atom. The van der Waals surface area contributed by atoms with Crippen molar-refractivity contribution in [3.8, 4) is 11.1 Å². The summed E-state index contributed by atoms with van der Waals surface area (Å²) >= 11 is 1.35. The maximum absolute atomic E-state index is 12.3. The highest BCUT2D eigenvalue weighted by molar-refractivity contribution is 7.15. The third kappa shape index (κ3) is 1.48. The normalized spacial score (nSPS) is 12.2. The Bertz CT molecular complexity index is 661. The highest BCUT2D eigenvalue weighted by Crippen LogP contribution is 2.43. The first-order valence-electron chi connectivity index (χ1n) is 5.48. The molecule has 0 radical (unpaired) electrons. The molecule has 0 spiro atoms. The second-order valence-corrected chi connectivity index (χ2v) is 4.86. The zero-order valence-corrected chi connectivity index (χ0v) is 10.2. The van der Waals surface area contributed by atoms with E-state index in [0.29, 0.717) is 16.1 Å². The lowest BCUT2D eigenvalue weighted by molar-refractivity contribution is -0.114. The third-order valence-corrected chi connectivity index (χ3v) is 3.81. The smallest absolute Gasteiger partial charge is 0.238 e. The molecule has 0 bridgehead atoms. The maximum Gasteiger partial charge on any atom is 0.238 e. The molecule has 1 heterocycles. The van der Waals surface area contributed by atoms with E-state index < -0.39 is 0 Å². The van der Waals surface area contributed by atoms with E-state index in [9.17, 15) is 9.59 Å². The molecule has 3 rings (SSSR count). The molecule has 3 N–H and O–H groups in total. The Balaban J connectivity index is 2.10. The van der Waals surface area contributed by atoms with Crippen LogP contribution in [-0.4, -0.2) is 18.2 Å². The van der Waals surface area contributed by atoms with E-state index >= 15 is 0 Å². The van der Waals surface area contributed by atoms with Crippen molar-refractivity contribution in [2.24, 2.45) is 5.73 Å². The minimum atomic E-state index is -0.289. The predicted molar refractivity (Wildman–Crippen MR) is 70.9 cm³/mol. The van der Waals surface area contributed by atoms with Gasteiger partial charge in [-0.3, -0.25) is 9.59 Å². The molecular weight excluding hydrogens is 248 g/mol. The Labute approximate surface area is 107 Å². The van der Waals surface area contributed by atoms with E-state index in [1.165, 1.54) is 11.3 Å². The average molecular weight is 258 g/mol. The summed E-state index contributed by atoms with van der Waals surface area (Å²) in [5, 5.41) is 5.15. The summed E-state index contributed by atoms with van der Waals surface area (Å²) in [6.07, 6.45) is 0. The summed E-state index contributed by atoms with van der Waals surface area (Å²) in [7, 11) is 0. The van der Waals surface area contributed by atoms with Crippen LogP contribution in [0.4, 0.5) is 5.00 Å². The zero-order chi connectivity index (χ0) is 12.7. The average Bonchev–Trinajstić information content (AvgIpc) is 2.92. The van der Waals surface area contributed by atoms with Crippen LogP contribution in [0, 0.1) is 0 Å². The largest absolute Gasteiger partial charge is 0.322 e. The molecule has 1 amide bonds. The molecule has 0 fully saturated rings. The van der Waals surface area contributed by atoms with E-state index in [1.807, 2.05) is 23.6 Å². The van der Waals surface area contributed by atoms with Crippen molar-refractivity contribution in [1.29, 1.82) is 0 Å². The van der Waals surface area contributed by atoms with Crippen LogP contribution in [0.1, 0.15) is 15.9 Å². The van der Waals surface area contributed by atoms with Gasteiger partial charge in [0.25, 0.3) is 0 Å².